The molecular formula is C20H16. The lowest BCUT2D eigenvalue weighted by molar-refractivity contribution is 1.61. The third-order valence-corrected chi connectivity index (χ3v) is 3.44. The lowest BCUT2D eigenvalue weighted by atomic mass is 10.0. The molecule has 0 bridgehead atoms. The smallest absolute Gasteiger partial charge is 0.00186 e. The molecule has 0 amide bonds. The van der Waals surface area contributed by atoms with E-state index in [0.717, 1.165) is 5.57 Å². The Hall–Kier alpha value is -2.56. The van der Waals surface area contributed by atoms with Crippen LogP contribution in [0.2, 0.25) is 0 Å². The average molecular weight is 256 g/mol. The van der Waals surface area contributed by atoms with Crippen LogP contribution < -0.4 is 0 Å². The highest BCUT2D eigenvalue weighted by Crippen LogP contribution is 2.20. The van der Waals surface area contributed by atoms with E-state index in [1.54, 1.807) is 0 Å². The fourth-order valence-corrected chi connectivity index (χ4v) is 2.25. The van der Waals surface area contributed by atoms with Crippen LogP contribution in [0.1, 0.15) is 18.1 Å². The van der Waals surface area contributed by atoms with E-state index < -0.39 is 0 Å². The van der Waals surface area contributed by atoms with Crippen LogP contribution in [0.3, 0.4) is 0 Å². The number of allylic oxidation sites excluding steroid dienone is 1. The minimum Gasteiger partial charge on any atom is -0.116 e. The lowest BCUT2D eigenvalue weighted by Gasteiger charge is -2.02. The van der Waals surface area contributed by atoms with Gasteiger partial charge in [0.2, 0.25) is 0 Å². The molecule has 0 aliphatic heterocycles. The first kappa shape index (κ1) is 12.5. The first-order valence-corrected chi connectivity index (χ1v) is 6.80. The SMILES string of the molecule is CC(=C=Cc1ccccc1)c1ccc2ccccc2c1. The Balaban J connectivity index is 2.00. The minimum atomic E-state index is 1.15. The fourth-order valence-electron chi connectivity index (χ4n) is 2.25. The second-order valence-electron chi connectivity index (χ2n) is 4.89. The number of hydrogen-bond donors (Lipinski definition) is 0. The first-order chi connectivity index (χ1) is 9.83. The molecule has 96 valence electrons. The summed E-state index contributed by atoms with van der Waals surface area (Å²) >= 11 is 0. The van der Waals surface area contributed by atoms with Gasteiger partial charge in [-0.05, 0) is 46.5 Å². The van der Waals surface area contributed by atoms with Gasteiger partial charge in [-0.2, -0.15) is 0 Å². The van der Waals surface area contributed by atoms with E-state index in [2.05, 4.69) is 67.3 Å². The number of benzene rings is 3. The van der Waals surface area contributed by atoms with Crippen LogP contribution in [0.25, 0.3) is 22.4 Å². The maximum absolute atomic E-state index is 3.37. The summed E-state index contributed by atoms with van der Waals surface area (Å²) in [6.07, 6.45) is 2.03. The highest BCUT2D eigenvalue weighted by Gasteiger charge is 1.97. The molecule has 0 N–H and O–H groups in total. The van der Waals surface area contributed by atoms with E-state index in [9.17, 15) is 0 Å². The van der Waals surface area contributed by atoms with Gasteiger partial charge in [-0.1, -0.05) is 66.7 Å². The summed E-state index contributed by atoms with van der Waals surface area (Å²) in [7, 11) is 0. The van der Waals surface area contributed by atoms with Gasteiger partial charge in [-0.25, -0.2) is 0 Å². The Morgan fingerprint density at radius 3 is 2.30 bits per heavy atom. The second-order valence-corrected chi connectivity index (χ2v) is 4.89. The summed E-state index contributed by atoms with van der Waals surface area (Å²) in [6.45, 7) is 2.10. The predicted molar refractivity (Wildman–Crippen MR) is 87.4 cm³/mol. The van der Waals surface area contributed by atoms with Gasteiger partial charge >= 0.3 is 0 Å². The van der Waals surface area contributed by atoms with Gasteiger partial charge in [0.05, 0.1) is 0 Å². The van der Waals surface area contributed by atoms with Gasteiger partial charge in [-0.15, -0.1) is 5.73 Å². The predicted octanol–water partition coefficient (Wildman–Crippen LogP) is 5.56. The topological polar surface area (TPSA) is 0 Å². The summed E-state index contributed by atoms with van der Waals surface area (Å²) in [6, 6.07) is 25.2. The van der Waals surface area contributed by atoms with E-state index in [1.807, 2.05) is 24.3 Å². The molecule has 3 aromatic rings. The summed E-state index contributed by atoms with van der Waals surface area (Å²) in [5.74, 6) is 0. The van der Waals surface area contributed by atoms with Crippen molar-refractivity contribution in [2.45, 2.75) is 6.92 Å². The van der Waals surface area contributed by atoms with Crippen LogP contribution in [0.5, 0.6) is 0 Å². The van der Waals surface area contributed by atoms with Gasteiger partial charge in [0.25, 0.3) is 0 Å². The normalized spacial score (nSPS) is 10.1. The summed E-state index contributed by atoms with van der Waals surface area (Å²) in [5, 5.41) is 2.54. The molecule has 0 saturated heterocycles. The fraction of sp³-hybridized carbons (Fsp3) is 0.0500. The standard InChI is InChI=1S/C20H16/c1-16(11-12-17-7-3-2-4-8-17)19-14-13-18-9-5-6-10-20(18)15-19/h2-10,12-15H,1H3. The Morgan fingerprint density at radius 2 is 1.50 bits per heavy atom. The monoisotopic (exact) mass is 256 g/mol. The zero-order valence-corrected chi connectivity index (χ0v) is 11.5. The molecule has 3 aromatic carbocycles. The van der Waals surface area contributed by atoms with E-state index >= 15 is 0 Å². The molecule has 0 spiro atoms. The zero-order chi connectivity index (χ0) is 13.8. The highest BCUT2D eigenvalue weighted by atomic mass is 14.0. The van der Waals surface area contributed by atoms with Crippen molar-refractivity contribution in [2.75, 3.05) is 0 Å². The quantitative estimate of drug-likeness (QED) is 0.527. The van der Waals surface area contributed by atoms with Crippen LogP contribution in [-0.4, -0.2) is 0 Å². The Bertz CT molecular complexity index is 788. The van der Waals surface area contributed by atoms with Crippen molar-refractivity contribution in [3.05, 3.63) is 89.7 Å². The van der Waals surface area contributed by atoms with Crippen LogP contribution in [-0.2, 0) is 0 Å². The van der Waals surface area contributed by atoms with Crippen molar-refractivity contribution in [1.29, 1.82) is 0 Å². The van der Waals surface area contributed by atoms with Gasteiger partial charge in [0.15, 0.2) is 0 Å². The first-order valence-electron chi connectivity index (χ1n) is 6.80. The summed E-state index contributed by atoms with van der Waals surface area (Å²) in [4.78, 5) is 0. The third kappa shape index (κ3) is 2.71. The van der Waals surface area contributed by atoms with E-state index in [4.69, 9.17) is 0 Å². The van der Waals surface area contributed by atoms with Crippen LogP contribution in [0, 0.1) is 0 Å². The maximum Gasteiger partial charge on any atom is -0.00186 e. The van der Waals surface area contributed by atoms with Crippen molar-refractivity contribution in [3.63, 3.8) is 0 Å². The number of hydrogen-bond acceptors (Lipinski definition) is 0. The third-order valence-electron chi connectivity index (χ3n) is 3.44. The molecule has 20 heavy (non-hydrogen) atoms. The Morgan fingerprint density at radius 1 is 0.800 bits per heavy atom. The molecule has 0 aliphatic carbocycles. The molecule has 0 radical (unpaired) electrons. The van der Waals surface area contributed by atoms with Gasteiger partial charge < -0.3 is 0 Å². The van der Waals surface area contributed by atoms with Gasteiger partial charge in [-0.3, -0.25) is 0 Å². The van der Waals surface area contributed by atoms with Crippen molar-refractivity contribution in [2.24, 2.45) is 0 Å². The lowest BCUT2D eigenvalue weighted by Crippen LogP contribution is -1.79. The van der Waals surface area contributed by atoms with Gasteiger partial charge in [0, 0.05) is 0 Å². The van der Waals surface area contributed by atoms with Crippen molar-refractivity contribution in [3.8, 4) is 0 Å². The van der Waals surface area contributed by atoms with Crippen LogP contribution in [0.4, 0.5) is 0 Å². The molecule has 0 aromatic heterocycles. The van der Waals surface area contributed by atoms with Crippen LogP contribution >= 0.6 is 0 Å². The molecule has 0 fully saturated rings. The van der Waals surface area contributed by atoms with E-state index in [1.165, 1.54) is 21.9 Å². The second kappa shape index (κ2) is 5.61. The summed E-state index contributed by atoms with van der Waals surface area (Å²) in [5.41, 5.74) is 6.92. The number of rotatable bonds is 2. The molecule has 0 heteroatoms. The maximum atomic E-state index is 3.37. The zero-order valence-electron chi connectivity index (χ0n) is 11.5. The van der Waals surface area contributed by atoms with Gasteiger partial charge in [0.1, 0.15) is 0 Å². The molecular weight excluding hydrogens is 240 g/mol. The van der Waals surface area contributed by atoms with Crippen LogP contribution in [0.15, 0.2) is 78.5 Å². The van der Waals surface area contributed by atoms with Crippen molar-refractivity contribution < 1.29 is 0 Å². The highest BCUT2D eigenvalue weighted by molar-refractivity contribution is 5.86. The molecule has 0 heterocycles. The van der Waals surface area contributed by atoms with Crippen molar-refractivity contribution >= 4 is 22.4 Å². The minimum absolute atomic E-state index is 1.15. The summed E-state index contributed by atoms with van der Waals surface area (Å²) < 4.78 is 0. The molecule has 3 rings (SSSR count). The average Bonchev–Trinajstić information content (AvgIpc) is 2.53. The molecule has 0 unspecified atom stereocenters. The number of fused-ring (bicyclic) bond motifs is 1. The molecule has 0 aliphatic rings. The molecule has 0 atom stereocenters. The molecule has 0 nitrogen and oxygen atoms in total. The van der Waals surface area contributed by atoms with Crippen molar-refractivity contribution in [1.82, 2.24) is 0 Å². The Labute approximate surface area is 119 Å². The van der Waals surface area contributed by atoms with E-state index in [0.29, 0.717) is 0 Å². The largest absolute Gasteiger partial charge is 0.116 e. The van der Waals surface area contributed by atoms with E-state index in [-0.39, 0.29) is 0 Å². The molecule has 0 saturated carbocycles. The Kier molecular flexibility index (Phi) is 3.50.